The summed E-state index contributed by atoms with van der Waals surface area (Å²) in [5, 5.41) is 15.7. The second-order valence-corrected chi connectivity index (χ2v) is 8.00. The number of nitrogens with one attached hydrogen (secondary N) is 2. The van der Waals surface area contributed by atoms with Gasteiger partial charge in [-0.15, -0.1) is 0 Å². The Hall–Kier alpha value is -2.77. The predicted octanol–water partition coefficient (Wildman–Crippen LogP) is 1.65. The molecule has 0 saturated carbocycles. The molecule has 7 heteroatoms. The number of amides is 2. The second-order valence-electron chi connectivity index (χ2n) is 8.00. The number of pyridine rings is 1. The van der Waals surface area contributed by atoms with E-state index in [0.29, 0.717) is 12.3 Å². The highest BCUT2D eigenvalue weighted by molar-refractivity contribution is 5.82. The number of aromatic nitrogens is 1. The number of rotatable bonds is 10. The Morgan fingerprint density at radius 3 is 2.57 bits per heavy atom. The van der Waals surface area contributed by atoms with Crippen molar-refractivity contribution < 1.29 is 14.7 Å². The molecule has 0 bridgehead atoms. The number of carbonyl (C=O) groups excluding carboxylic acids is 2. The van der Waals surface area contributed by atoms with Gasteiger partial charge < -0.3 is 21.5 Å². The van der Waals surface area contributed by atoms with Gasteiger partial charge in [-0.25, -0.2) is 0 Å². The molecule has 1 heterocycles. The highest BCUT2D eigenvalue weighted by atomic mass is 16.3. The topological polar surface area (TPSA) is 117 Å². The van der Waals surface area contributed by atoms with Gasteiger partial charge in [0.2, 0.25) is 11.8 Å². The lowest BCUT2D eigenvalue weighted by atomic mass is 10.0. The molecule has 7 nitrogen and oxygen atoms in total. The molecule has 30 heavy (non-hydrogen) atoms. The van der Waals surface area contributed by atoms with Crippen molar-refractivity contribution in [2.45, 2.75) is 51.8 Å². The standard InChI is InChI=1S/C23H32N4O3/c1-15(2)11-19(24)23(30)27-16(3)21(28)14-26-22(29)13-17-7-6-8-18(12-17)20-9-4-5-10-25-20/h4-10,12,15-16,19,21,28H,11,13-14,24H2,1-3H3,(H,26,29)(H,27,30)/t16-,19-,21?/m0/s1. The molecule has 2 rings (SSSR count). The maximum atomic E-state index is 12.3. The third-order valence-corrected chi connectivity index (χ3v) is 4.77. The van der Waals surface area contributed by atoms with Crippen LogP contribution in [0.25, 0.3) is 11.3 Å². The summed E-state index contributed by atoms with van der Waals surface area (Å²) >= 11 is 0. The fourth-order valence-corrected chi connectivity index (χ4v) is 3.06. The van der Waals surface area contributed by atoms with Crippen LogP contribution in [0.3, 0.4) is 0 Å². The van der Waals surface area contributed by atoms with Gasteiger partial charge in [0.25, 0.3) is 0 Å². The van der Waals surface area contributed by atoms with Crippen LogP contribution in [0.5, 0.6) is 0 Å². The van der Waals surface area contributed by atoms with Gasteiger partial charge in [-0.3, -0.25) is 14.6 Å². The first-order chi connectivity index (χ1) is 14.3. The molecule has 0 saturated heterocycles. The Morgan fingerprint density at radius 1 is 1.13 bits per heavy atom. The smallest absolute Gasteiger partial charge is 0.237 e. The highest BCUT2D eigenvalue weighted by Gasteiger charge is 2.21. The summed E-state index contributed by atoms with van der Waals surface area (Å²) in [5.74, 6) is -0.198. The van der Waals surface area contributed by atoms with E-state index in [9.17, 15) is 14.7 Å². The summed E-state index contributed by atoms with van der Waals surface area (Å²) in [4.78, 5) is 28.7. The van der Waals surface area contributed by atoms with Crippen LogP contribution >= 0.6 is 0 Å². The van der Waals surface area contributed by atoms with Crippen molar-refractivity contribution in [3.05, 3.63) is 54.2 Å². The van der Waals surface area contributed by atoms with E-state index >= 15 is 0 Å². The van der Waals surface area contributed by atoms with Crippen LogP contribution < -0.4 is 16.4 Å². The number of hydrogen-bond donors (Lipinski definition) is 4. The van der Waals surface area contributed by atoms with E-state index in [4.69, 9.17) is 5.73 Å². The zero-order valence-corrected chi connectivity index (χ0v) is 17.8. The van der Waals surface area contributed by atoms with Crippen molar-refractivity contribution >= 4 is 11.8 Å². The lowest BCUT2D eigenvalue weighted by Gasteiger charge is -2.23. The van der Waals surface area contributed by atoms with E-state index < -0.39 is 18.2 Å². The van der Waals surface area contributed by atoms with Crippen LogP contribution in [0, 0.1) is 5.92 Å². The zero-order chi connectivity index (χ0) is 22.1. The minimum atomic E-state index is -0.913. The van der Waals surface area contributed by atoms with Crippen LogP contribution in [0.1, 0.15) is 32.8 Å². The summed E-state index contributed by atoms with van der Waals surface area (Å²) in [6.07, 6.45) is 1.58. The van der Waals surface area contributed by atoms with Crippen LogP contribution in [0.4, 0.5) is 0 Å². The van der Waals surface area contributed by atoms with Crippen molar-refractivity contribution in [1.82, 2.24) is 15.6 Å². The average molecular weight is 413 g/mol. The van der Waals surface area contributed by atoms with Crippen molar-refractivity contribution in [2.75, 3.05) is 6.54 Å². The summed E-state index contributed by atoms with van der Waals surface area (Å²) < 4.78 is 0. The molecular formula is C23H32N4O3. The molecule has 0 aliphatic rings. The minimum Gasteiger partial charge on any atom is -0.389 e. The quantitative estimate of drug-likeness (QED) is 0.473. The first kappa shape index (κ1) is 23.5. The number of hydrogen-bond acceptors (Lipinski definition) is 5. The van der Waals surface area contributed by atoms with Crippen molar-refractivity contribution in [1.29, 1.82) is 0 Å². The zero-order valence-electron chi connectivity index (χ0n) is 17.8. The van der Waals surface area contributed by atoms with E-state index in [1.54, 1.807) is 13.1 Å². The average Bonchev–Trinajstić information content (AvgIpc) is 2.72. The van der Waals surface area contributed by atoms with Gasteiger partial charge in [-0.1, -0.05) is 38.1 Å². The van der Waals surface area contributed by atoms with E-state index in [1.807, 2.05) is 56.3 Å². The maximum absolute atomic E-state index is 12.3. The van der Waals surface area contributed by atoms with E-state index in [0.717, 1.165) is 16.8 Å². The minimum absolute atomic E-state index is 0.0413. The normalized spacial score (nSPS) is 14.1. The van der Waals surface area contributed by atoms with Crippen LogP contribution in [0.15, 0.2) is 48.7 Å². The van der Waals surface area contributed by atoms with Gasteiger partial charge in [0.15, 0.2) is 0 Å². The molecule has 162 valence electrons. The number of benzene rings is 1. The number of aliphatic hydroxyl groups excluding tert-OH is 1. The van der Waals surface area contributed by atoms with Crippen molar-refractivity contribution in [3.8, 4) is 11.3 Å². The SMILES string of the molecule is CC(C)C[C@H](N)C(=O)N[C@@H](C)C(O)CNC(=O)Cc1cccc(-c2ccccn2)c1. The number of nitrogens with two attached hydrogens (primary N) is 1. The summed E-state index contributed by atoms with van der Waals surface area (Å²) in [5.41, 5.74) is 8.50. The Labute approximate surface area is 178 Å². The van der Waals surface area contributed by atoms with Gasteiger partial charge in [-0.2, -0.15) is 0 Å². The Kier molecular flexibility index (Phi) is 8.95. The van der Waals surface area contributed by atoms with E-state index in [2.05, 4.69) is 15.6 Å². The molecular weight excluding hydrogens is 380 g/mol. The maximum Gasteiger partial charge on any atom is 0.237 e. The third kappa shape index (κ3) is 7.57. The molecule has 5 N–H and O–H groups in total. The Morgan fingerprint density at radius 2 is 1.90 bits per heavy atom. The van der Waals surface area contributed by atoms with E-state index in [-0.39, 0.29) is 24.8 Å². The van der Waals surface area contributed by atoms with E-state index in [1.165, 1.54) is 0 Å². The van der Waals surface area contributed by atoms with Crippen molar-refractivity contribution in [3.63, 3.8) is 0 Å². The first-order valence-electron chi connectivity index (χ1n) is 10.3. The van der Waals surface area contributed by atoms with Crippen molar-refractivity contribution in [2.24, 2.45) is 11.7 Å². The Balaban J connectivity index is 1.82. The lowest BCUT2D eigenvalue weighted by molar-refractivity contribution is -0.124. The van der Waals surface area contributed by atoms with Crippen LogP contribution in [0.2, 0.25) is 0 Å². The van der Waals surface area contributed by atoms with Gasteiger partial charge in [0.1, 0.15) is 0 Å². The molecule has 1 aromatic carbocycles. The largest absolute Gasteiger partial charge is 0.389 e. The molecule has 2 aromatic rings. The third-order valence-electron chi connectivity index (χ3n) is 4.77. The highest BCUT2D eigenvalue weighted by Crippen LogP contribution is 2.18. The van der Waals surface area contributed by atoms with Gasteiger partial charge in [0, 0.05) is 18.3 Å². The number of aliphatic hydroxyl groups is 1. The van der Waals surface area contributed by atoms with Gasteiger partial charge in [0.05, 0.1) is 30.3 Å². The molecule has 1 aromatic heterocycles. The molecule has 3 atom stereocenters. The number of carbonyl (C=O) groups is 2. The van der Waals surface area contributed by atoms with Crippen LogP contribution in [-0.2, 0) is 16.0 Å². The lowest BCUT2D eigenvalue weighted by Crippen LogP contribution is -2.51. The Bertz CT molecular complexity index is 826. The van der Waals surface area contributed by atoms with Gasteiger partial charge >= 0.3 is 0 Å². The molecule has 0 radical (unpaired) electrons. The molecule has 2 amide bonds. The summed E-state index contributed by atoms with van der Waals surface area (Å²) in [6.45, 7) is 5.72. The predicted molar refractivity (Wildman–Crippen MR) is 117 cm³/mol. The second kappa shape index (κ2) is 11.4. The number of nitrogens with zero attached hydrogens (tertiary/aromatic N) is 1. The fourth-order valence-electron chi connectivity index (χ4n) is 3.06. The fraction of sp³-hybridized carbons (Fsp3) is 0.435. The van der Waals surface area contributed by atoms with Gasteiger partial charge in [-0.05, 0) is 43.0 Å². The summed E-state index contributed by atoms with van der Waals surface area (Å²) in [6, 6.07) is 12.2. The summed E-state index contributed by atoms with van der Waals surface area (Å²) in [7, 11) is 0. The molecule has 0 spiro atoms. The molecule has 1 unspecified atom stereocenters. The molecule has 0 fully saturated rings. The monoisotopic (exact) mass is 412 g/mol. The van der Waals surface area contributed by atoms with Crippen LogP contribution in [-0.4, -0.2) is 46.6 Å². The molecule has 0 aliphatic carbocycles. The first-order valence-corrected chi connectivity index (χ1v) is 10.3. The molecule has 0 aliphatic heterocycles.